The van der Waals surface area contributed by atoms with E-state index in [1.807, 2.05) is 41.4 Å². The molecular weight excluding hydrogens is 266 g/mol. The van der Waals surface area contributed by atoms with Crippen molar-refractivity contribution in [3.8, 4) is 5.69 Å². The maximum atomic E-state index is 12.5. The van der Waals surface area contributed by atoms with Crippen LogP contribution in [0.5, 0.6) is 0 Å². The number of carbonyl (C=O) groups is 1. The first kappa shape index (κ1) is 13.8. The fourth-order valence-corrected chi connectivity index (χ4v) is 2.76. The molecule has 1 aliphatic heterocycles. The Balaban J connectivity index is 1.73. The normalized spacial score (nSPS) is 18.7. The molecule has 2 aromatic rings. The molecule has 1 unspecified atom stereocenters. The number of nitrogens with zero attached hydrogens (tertiary/aromatic N) is 3. The van der Waals surface area contributed by atoms with Crippen molar-refractivity contribution in [2.45, 2.75) is 12.8 Å². The summed E-state index contributed by atoms with van der Waals surface area (Å²) in [4.78, 5) is 14.3. The summed E-state index contributed by atoms with van der Waals surface area (Å²) in [6.45, 7) is 1.58. The standard InChI is InChI=1S/C16H19N3O2/c20-12-13-3-1-9-18(11-13)16(21)14-4-6-15(7-5-14)19-10-2-8-17-19/h2,4-8,10,13,20H,1,3,9,11-12H2. The summed E-state index contributed by atoms with van der Waals surface area (Å²) in [6.07, 6.45) is 5.55. The lowest BCUT2D eigenvalue weighted by Crippen LogP contribution is -2.40. The molecule has 1 amide bonds. The molecule has 2 heterocycles. The van der Waals surface area contributed by atoms with Crippen molar-refractivity contribution in [2.75, 3.05) is 19.7 Å². The maximum Gasteiger partial charge on any atom is 0.253 e. The quantitative estimate of drug-likeness (QED) is 0.934. The van der Waals surface area contributed by atoms with E-state index in [0.717, 1.165) is 25.1 Å². The van der Waals surface area contributed by atoms with Crippen molar-refractivity contribution in [3.63, 3.8) is 0 Å². The predicted molar refractivity (Wildman–Crippen MR) is 79.3 cm³/mol. The lowest BCUT2D eigenvalue weighted by Gasteiger charge is -2.31. The highest BCUT2D eigenvalue weighted by Crippen LogP contribution is 2.18. The molecule has 5 heteroatoms. The minimum Gasteiger partial charge on any atom is -0.396 e. The van der Waals surface area contributed by atoms with E-state index in [0.29, 0.717) is 12.1 Å². The number of carbonyl (C=O) groups excluding carboxylic acids is 1. The van der Waals surface area contributed by atoms with E-state index in [2.05, 4.69) is 5.10 Å². The molecule has 0 saturated carbocycles. The van der Waals surface area contributed by atoms with Gasteiger partial charge < -0.3 is 10.0 Å². The Morgan fingerprint density at radius 1 is 1.33 bits per heavy atom. The molecule has 1 aromatic heterocycles. The molecule has 0 aliphatic carbocycles. The second-order valence-electron chi connectivity index (χ2n) is 5.44. The molecule has 1 saturated heterocycles. The minimum absolute atomic E-state index is 0.0418. The molecule has 1 N–H and O–H groups in total. The van der Waals surface area contributed by atoms with Gasteiger partial charge in [-0.15, -0.1) is 0 Å². The lowest BCUT2D eigenvalue weighted by atomic mass is 9.98. The largest absolute Gasteiger partial charge is 0.396 e. The van der Waals surface area contributed by atoms with Crippen LogP contribution in [0.25, 0.3) is 5.69 Å². The minimum atomic E-state index is 0.0418. The second-order valence-corrected chi connectivity index (χ2v) is 5.44. The van der Waals surface area contributed by atoms with Gasteiger partial charge in [-0.1, -0.05) is 0 Å². The third-order valence-corrected chi connectivity index (χ3v) is 3.95. The van der Waals surface area contributed by atoms with Gasteiger partial charge in [-0.25, -0.2) is 4.68 Å². The van der Waals surface area contributed by atoms with Gasteiger partial charge in [0.25, 0.3) is 5.91 Å². The highest BCUT2D eigenvalue weighted by molar-refractivity contribution is 5.94. The Hall–Kier alpha value is -2.14. The van der Waals surface area contributed by atoms with E-state index in [1.54, 1.807) is 10.9 Å². The van der Waals surface area contributed by atoms with Gasteiger partial charge in [0.05, 0.1) is 5.69 Å². The Labute approximate surface area is 123 Å². The predicted octanol–water partition coefficient (Wildman–Crippen LogP) is 1.72. The van der Waals surface area contributed by atoms with E-state index in [-0.39, 0.29) is 18.4 Å². The summed E-state index contributed by atoms with van der Waals surface area (Å²) in [5, 5.41) is 13.4. The lowest BCUT2D eigenvalue weighted by molar-refractivity contribution is 0.0620. The number of aliphatic hydroxyl groups is 1. The number of likely N-dealkylation sites (tertiary alicyclic amines) is 1. The maximum absolute atomic E-state index is 12.5. The van der Waals surface area contributed by atoms with Crippen LogP contribution >= 0.6 is 0 Å². The van der Waals surface area contributed by atoms with E-state index < -0.39 is 0 Å². The molecule has 1 atom stereocenters. The average Bonchev–Trinajstić information content (AvgIpc) is 3.09. The topological polar surface area (TPSA) is 58.4 Å². The molecule has 5 nitrogen and oxygen atoms in total. The monoisotopic (exact) mass is 285 g/mol. The molecule has 3 rings (SSSR count). The number of rotatable bonds is 3. The third kappa shape index (κ3) is 2.97. The number of hydrogen-bond donors (Lipinski definition) is 1. The van der Waals surface area contributed by atoms with Gasteiger partial charge >= 0.3 is 0 Å². The fraction of sp³-hybridized carbons (Fsp3) is 0.375. The number of benzene rings is 1. The summed E-state index contributed by atoms with van der Waals surface area (Å²) >= 11 is 0. The number of piperidine rings is 1. The van der Waals surface area contributed by atoms with Gasteiger partial charge in [0, 0.05) is 37.7 Å². The van der Waals surface area contributed by atoms with Crippen LogP contribution in [0.15, 0.2) is 42.7 Å². The third-order valence-electron chi connectivity index (χ3n) is 3.95. The molecule has 0 spiro atoms. The second kappa shape index (κ2) is 6.10. The molecule has 21 heavy (non-hydrogen) atoms. The molecule has 0 bridgehead atoms. The van der Waals surface area contributed by atoms with Crippen molar-refractivity contribution in [2.24, 2.45) is 5.92 Å². The van der Waals surface area contributed by atoms with Gasteiger partial charge in [-0.3, -0.25) is 4.79 Å². The van der Waals surface area contributed by atoms with Crippen molar-refractivity contribution < 1.29 is 9.90 Å². The number of aromatic nitrogens is 2. The molecule has 110 valence electrons. The van der Waals surface area contributed by atoms with Gasteiger partial charge in [0.2, 0.25) is 0 Å². The molecule has 0 radical (unpaired) electrons. The zero-order valence-electron chi connectivity index (χ0n) is 11.9. The Bertz CT molecular complexity index is 592. The van der Waals surface area contributed by atoms with Crippen LogP contribution in [0.2, 0.25) is 0 Å². The van der Waals surface area contributed by atoms with Crippen molar-refractivity contribution in [1.29, 1.82) is 0 Å². The molecular formula is C16H19N3O2. The van der Waals surface area contributed by atoms with E-state index >= 15 is 0 Å². The summed E-state index contributed by atoms with van der Waals surface area (Å²) in [5.74, 6) is 0.256. The van der Waals surface area contributed by atoms with Crippen LogP contribution in [0.4, 0.5) is 0 Å². The highest BCUT2D eigenvalue weighted by Gasteiger charge is 2.23. The summed E-state index contributed by atoms with van der Waals surface area (Å²) in [5.41, 5.74) is 1.62. The van der Waals surface area contributed by atoms with Gasteiger partial charge in [-0.05, 0) is 49.1 Å². The van der Waals surface area contributed by atoms with E-state index in [4.69, 9.17) is 0 Å². The molecule has 1 aliphatic rings. The van der Waals surface area contributed by atoms with Crippen LogP contribution in [0.3, 0.4) is 0 Å². The highest BCUT2D eigenvalue weighted by atomic mass is 16.3. The average molecular weight is 285 g/mol. The number of hydrogen-bond acceptors (Lipinski definition) is 3. The molecule has 1 fully saturated rings. The molecule has 1 aromatic carbocycles. The summed E-state index contributed by atoms with van der Waals surface area (Å²) in [6, 6.07) is 9.33. The van der Waals surface area contributed by atoms with Crippen molar-refractivity contribution in [3.05, 3.63) is 48.3 Å². The van der Waals surface area contributed by atoms with Crippen molar-refractivity contribution >= 4 is 5.91 Å². The SMILES string of the molecule is O=C(c1ccc(-n2cccn2)cc1)N1CCCC(CO)C1. The summed E-state index contributed by atoms with van der Waals surface area (Å²) < 4.78 is 1.76. The van der Waals surface area contributed by atoms with Crippen LogP contribution < -0.4 is 0 Å². The van der Waals surface area contributed by atoms with Crippen LogP contribution in [-0.4, -0.2) is 45.4 Å². The smallest absolute Gasteiger partial charge is 0.253 e. The number of aliphatic hydroxyl groups excluding tert-OH is 1. The van der Waals surface area contributed by atoms with E-state index in [9.17, 15) is 9.90 Å². The van der Waals surface area contributed by atoms with Crippen LogP contribution in [0.1, 0.15) is 23.2 Å². The first-order valence-corrected chi connectivity index (χ1v) is 7.28. The van der Waals surface area contributed by atoms with Gasteiger partial charge in [0.15, 0.2) is 0 Å². The number of amides is 1. The van der Waals surface area contributed by atoms with Gasteiger partial charge in [0.1, 0.15) is 0 Å². The first-order chi connectivity index (χ1) is 10.3. The van der Waals surface area contributed by atoms with Crippen LogP contribution in [0, 0.1) is 5.92 Å². The zero-order chi connectivity index (χ0) is 14.7. The summed E-state index contributed by atoms with van der Waals surface area (Å²) in [7, 11) is 0. The fourth-order valence-electron chi connectivity index (χ4n) is 2.76. The van der Waals surface area contributed by atoms with Crippen LogP contribution in [-0.2, 0) is 0 Å². The van der Waals surface area contributed by atoms with Crippen molar-refractivity contribution in [1.82, 2.24) is 14.7 Å². The Kier molecular flexibility index (Phi) is 4.01. The zero-order valence-corrected chi connectivity index (χ0v) is 11.9. The Morgan fingerprint density at radius 3 is 2.81 bits per heavy atom. The van der Waals surface area contributed by atoms with E-state index in [1.165, 1.54) is 0 Å². The first-order valence-electron chi connectivity index (χ1n) is 7.28. The Morgan fingerprint density at radius 2 is 2.14 bits per heavy atom. The van der Waals surface area contributed by atoms with Gasteiger partial charge in [-0.2, -0.15) is 5.10 Å².